The van der Waals surface area contributed by atoms with Crippen LogP contribution < -0.4 is 10.6 Å². The number of halogens is 2. The predicted octanol–water partition coefficient (Wildman–Crippen LogP) is 5.98. The lowest BCUT2D eigenvalue weighted by Gasteiger charge is -2.34. The molecule has 9 heteroatoms. The molecule has 1 saturated heterocycles. The van der Waals surface area contributed by atoms with Gasteiger partial charge >= 0.3 is 6.09 Å². The molecule has 29 heavy (non-hydrogen) atoms. The largest absolute Gasteiger partial charge is 0.444 e. The van der Waals surface area contributed by atoms with Crippen LogP contribution in [0, 0.1) is 0 Å². The molecule has 0 radical (unpaired) electrons. The minimum absolute atomic E-state index is 0.231. The van der Waals surface area contributed by atoms with E-state index in [9.17, 15) is 4.79 Å². The van der Waals surface area contributed by atoms with Gasteiger partial charge in [-0.05, 0) is 51.8 Å². The highest BCUT2D eigenvalue weighted by atomic mass is 79.9. The minimum Gasteiger partial charge on any atom is -0.444 e. The lowest BCUT2D eigenvalue weighted by atomic mass is 10.0. The quantitative estimate of drug-likeness (QED) is 0.527. The fraction of sp³-hybridized carbons (Fsp3) is 0.500. The van der Waals surface area contributed by atoms with Crippen LogP contribution >= 0.6 is 38.9 Å². The molecule has 6 nitrogen and oxygen atoms in total. The highest BCUT2D eigenvalue weighted by Gasteiger charge is 2.27. The zero-order chi connectivity index (χ0) is 21.0. The number of nitrogens with one attached hydrogen (secondary N) is 2. The van der Waals surface area contributed by atoms with Crippen molar-refractivity contribution in [2.45, 2.75) is 51.8 Å². The number of carbonyl (C=O) groups excluding carboxylic acids is 1. The van der Waals surface area contributed by atoms with Gasteiger partial charge in [0.15, 0.2) is 4.47 Å². The van der Waals surface area contributed by atoms with Crippen LogP contribution in [-0.4, -0.2) is 40.7 Å². The van der Waals surface area contributed by atoms with Gasteiger partial charge in [-0.15, -0.1) is 11.3 Å². The number of benzene rings is 1. The Hall–Kier alpha value is -1.51. The average Bonchev–Trinajstić information content (AvgIpc) is 3.06. The van der Waals surface area contributed by atoms with Crippen molar-refractivity contribution in [3.8, 4) is 0 Å². The molecule has 2 aromatic rings. The average molecular weight is 502 g/mol. The third kappa shape index (κ3) is 6.76. The summed E-state index contributed by atoms with van der Waals surface area (Å²) in [6.45, 7) is 7.70. The zero-order valence-corrected chi connectivity index (χ0v) is 20.0. The van der Waals surface area contributed by atoms with Gasteiger partial charge in [0.25, 0.3) is 0 Å². The molecule has 0 spiro atoms. The molecule has 2 heterocycles. The monoisotopic (exact) mass is 500 g/mol. The van der Waals surface area contributed by atoms with E-state index < -0.39 is 5.60 Å². The highest BCUT2D eigenvalue weighted by molar-refractivity contribution is 9.10. The van der Waals surface area contributed by atoms with Crippen LogP contribution in [-0.2, 0) is 11.3 Å². The van der Waals surface area contributed by atoms with Gasteiger partial charge in [0.2, 0.25) is 0 Å². The van der Waals surface area contributed by atoms with E-state index in [0.717, 1.165) is 33.6 Å². The van der Waals surface area contributed by atoms with Crippen LogP contribution in [0.5, 0.6) is 0 Å². The Kier molecular flexibility index (Phi) is 7.29. The molecule has 1 aromatic carbocycles. The Balaban J connectivity index is 1.57. The van der Waals surface area contributed by atoms with Crippen LogP contribution in [0.25, 0.3) is 0 Å². The van der Waals surface area contributed by atoms with Crippen LogP contribution in [0.2, 0.25) is 4.47 Å². The molecule has 0 saturated carbocycles. The van der Waals surface area contributed by atoms with Crippen molar-refractivity contribution >= 4 is 56.3 Å². The number of rotatable bonds is 5. The number of hydrogen-bond donors (Lipinski definition) is 2. The maximum atomic E-state index is 12.2. The van der Waals surface area contributed by atoms with E-state index in [1.54, 1.807) is 11.1 Å². The van der Waals surface area contributed by atoms with E-state index in [4.69, 9.17) is 16.3 Å². The van der Waals surface area contributed by atoms with E-state index in [0.29, 0.717) is 30.1 Å². The molecule has 1 aliphatic rings. The first-order chi connectivity index (χ1) is 13.7. The van der Waals surface area contributed by atoms with Crippen LogP contribution in [0.4, 0.5) is 16.2 Å². The molecular formula is C20H26BrClN4O2S. The van der Waals surface area contributed by atoms with E-state index in [1.165, 1.54) is 11.3 Å². The van der Waals surface area contributed by atoms with Crippen LogP contribution in [0.15, 0.2) is 28.9 Å². The van der Waals surface area contributed by atoms with Crippen molar-refractivity contribution < 1.29 is 9.53 Å². The SMILES string of the molecule is CC(C)(C)OC(=O)N1CCC(Nc2ccc(Br)cc2NCc2cnc(Cl)s2)CC1. The molecule has 0 aliphatic carbocycles. The Morgan fingerprint density at radius 2 is 2.07 bits per heavy atom. The van der Waals surface area contributed by atoms with E-state index in [1.807, 2.05) is 26.8 Å². The molecule has 0 bridgehead atoms. The van der Waals surface area contributed by atoms with Crippen molar-refractivity contribution in [3.63, 3.8) is 0 Å². The summed E-state index contributed by atoms with van der Waals surface area (Å²) >= 11 is 10.9. The number of ether oxygens (including phenoxy) is 1. The fourth-order valence-corrected chi connectivity index (χ4v) is 4.37. The second-order valence-electron chi connectivity index (χ2n) is 8.01. The van der Waals surface area contributed by atoms with Gasteiger partial charge < -0.3 is 20.3 Å². The number of thiazole rings is 1. The van der Waals surface area contributed by atoms with Crippen molar-refractivity contribution in [2.75, 3.05) is 23.7 Å². The number of anilines is 2. The van der Waals surface area contributed by atoms with Gasteiger partial charge in [0.1, 0.15) is 5.60 Å². The predicted molar refractivity (Wildman–Crippen MR) is 123 cm³/mol. The number of piperidine rings is 1. The first-order valence-corrected chi connectivity index (χ1v) is 11.6. The Bertz CT molecular complexity index is 847. The maximum Gasteiger partial charge on any atom is 0.410 e. The molecule has 3 rings (SSSR count). The lowest BCUT2D eigenvalue weighted by Crippen LogP contribution is -2.44. The number of hydrogen-bond acceptors (Lipinski definition) is 6. The minimum atomic E-state index is -0.466. The highest BCUT2D eigenvalue weighted by Crippen LogP contribution is 2.29. The second-order valence-corrected chi connectivity index (χ2v) is 10.6. The normalized spacial score (nSPS) is 15.3. The van der Waals surface area contributed by atoms with Crippen LogP contribution in [0.1, 0.15) is 38.5 Å². The van der Waals surface area contributed by atoms with Gasteiger partial charge in [0, 0.05) is 34.7 Å². The number of likely N-dealkylation sites (tertiary alicyclic amines) is 1. The fourth-order valence-electron chi connectivity index (χ4n) is 3.09. The van der Waals surface area contributed by atoms with Gasteiger partial charge in [-0.3, -0.25) is 0 Å². The van der Waals surface area contributed by atoms with E-state index in [2.05, 4.69) is 43.7 Å². The van der Waals surface area contributed by atoms with Gasteiger partial charge in [0.05, 0.1) is 17.9 Å². The summed E-state index contributed by atoms with van der Waals surface area (Å²) in [6, 6.07) is 6.44. The van der Waals surface area contributed by atoms with Crippen molar-refractivity contribution in [1.29, 1.82) is 0 Å². The topological polar surface area (TPSA) is 66.5 Å². The number of aromatic nitrogens is 1. The molecule has 2 N–H and O–H groups in total. The number of nitrogens with zero attached hydrogens (tertiary/aromatic N) is 2. The summed E-state index contributed by atoms with van der Waals surface area (Å²) in [6.07, 6.45) is 3.31. The Morgan fingerprint density at radius 1 is 1.34 bits per heavy atom. The summed E-state index contributed by atoms with van der Waals surface area (Å²) < 4.78 is 7.03. The number of amides is 1. The second kappa shape index (κ2) is 9.53. The first kappa shape index (κ1) is 22.2. The van der Waals surface area contributed by atoms with Crippen molar-refractivity contribution in [2.24, 2.45) is 0 Å². The summed E-state index contributed by atoms with van der Waals surface area (Å²) in [5.74, 6) is 0. The first-order valence-electron chi connectivity index (χ1n) is 9.58. The van der Waals surface area contributed by atoms with Crippen LogP contribution in [0.3, 0.4) is 0 Å². The summed E-state index contributed by atoms with van der Waals surface area (Å²) in [5.41, 5.74) is 1.59. The molecule has 158 valence electrons. The molecule has 1 amide bonds. The molecule has 1 aliphatic heterocycles. The molecule has 0 atom stereocenters. The Morgan fingerprint density at radius 3 is 2.69 bits per heavy atom. The van der Waals surface area contributed by atoms with Crippen molar-refractivity contribution in [3.05, 3.63) is 38.2 Å². The lowest BCUT2D eigenvalue weighted by molar-refractivity contribution is 0.0210. The smallest absolute Gasteiger partial charge is 0.410 e. The van der Waals surface area contributed by atoms with Crippen molar-refractivity contribution in [1.82, 2.24) is 9.88 Å². The Labute approximate surface area is 189 Å². The zero-order valence-electron chi connectivity index (χ0n) is 16.8. The summed E-state index contributed by atoms with van der Waals surface area (Å²) in [4.78, 5) is 19.2. The number of carbonyl (C=O) groups is 1. The molecule has 1 aromatic heterocycles. The van der Waals surface area contributed by atoms with Gasteiger partial charge in [-0.1, -0.05) is 27.5 Å². The standard InChI is InChI=1S/C20H26BrClN4O2S/c1-20(2,3)28-19(27)26-8-6-14(7-9-26)25-16-5-4-13(21)10-17(16)23-11-15-12-24-18(22)29-15/h4-5,10,12,14,23,25H,6-9,11H2,1-3H3. The van der Waals surface area contributed by atoms with Gasteiger partial charge in [-0.25, -0.2) is 9.78 Å². The van der Waals surface area contributed by atoms with E-state index in [-0.39, 0.29) is 6.09 Å². The molecule has 1 fully saturated rings. The van der Waals surface area contributed by atoms with Gasteiger partial charge in [-0.2, -0.15) is 0 Å². The third-order valence-electron chi connectivity index (χ3n) is 4.47. The maximum absolute atomic E-state index is 12.2. The third-order valence-corrected chi connectivity index (χ3v) is 6.07. The molecule has 0 unspecified atom stereocenters. The summed E-state index contributed by atoms with van der Waals surface area (Å²) in [7, 11) is 0. The van der Waals surface area contributed by atoms with E-state index >= 15 is 0 Å². The molecular weight excluding hydrogens is 476 g/mol. The summed E-state index contributed by atoms with van der Waals surface area (Å²) in [5, 5.41) is 7.09.